The van der Waals surface area contributed by atoms with Crippen molar-refractivity contribution in [3.63, 3.8) is 0 Å². The zero-order valence-corrected chi connectivity index (χ0v) is 15.8. The van der Waals surface area contributed by atoms with Gasteiger partial charge in [0.15, 0.2) is 9.84 Å². The molecule has 1 aromatic carbocycles. The maximum absolute atomic E-state index is 13.3. The molecule has 1 fully saturated rings. The molecule has 0 saturated heterocycles. The van der Waals surface area contributed by atoms with Gasteiger partial charge in [-0.25, -0.2) is 8.42 Å². The van der Waals surface area contributed by atoms with Crippen LogP contribution in [0.25, 0.3) is 0 Å². The van der Waals surface area contributed by atoms with Crippen LogP contribution in [0.2, 0.25) is 19.6 Å². The van der Waals surface area contributed by atoms with Crippen LogP contribution in [0.4, 0.5) is 0 Å². The standard InChI is InChI=1S/C17H28O2SSi/c1-14-9-10-15(16(13-14)21(3,4)5)20(18,19)17(2)11-7-6-8-12-17/h9-10,13H,6-8,11-12H2,1-5H3. The van der Waals surface area contributed by atoms with Crippen LogP contribution in [0, 0.1) is 6.92 Å². The zero-order chi connectivity index (χ0) is 15.9. The molecule has 0 radical (unpaired) electrons. The first kappa shape index (κ1) is 16.8. The number of benzene rings is 1. The fourth-order valence-electron chi connectivity index (χ4n) is 3.30. The summed E-state index contributed by atoms with van der Waals surface area (Å²) in [5, 5.41) is 1.09. The number of rotatable bonds is 3. The smallest absolute Gasteiger partial charge is 0.183 e. The summed E-state index contributed by atoms with van der Waals surface area (Å²) in [4.78, 5) is 0.608. The zero-order valence-electron chi connectivity index (χ0n) is 14.0. The first-order valence-corrected chi connectivity index (χ1v) is 12.9. The Morgan fingerprint density at radius 3 is 2.14 bits per heavy atom. The molecule has 21 heavy (non-hydrogen) atoms. The summed E-state index contributed by atoms with van der Waals surface area (Å²) >= 11 is 0. The number of sulfone groups is 1. The third-order valence-electron chi connectivity index (χ3n) is 4.79. The number of hydrogen-bond donors (Lipinski definition) is 0. The first-order chi connectivity index (χ1) is 9.58. The molecular weight excluding hydrogens is 296 g/mol. The minimum atomic E-state index is -3.26. The van der Waals surface area contributed by atoms with E-state index >= 15 is 0 Å². The molecule has 1 aromatic rings. The van der Waals surface area contributed by atoms with Crippen molar-refractivity contribution < 1.29 is 8.42 Å². The molecule has 0 atom stereocenters. The Morgan fingerprint density at radius 2 is 1.62 bits per heavy atom. The van der Waals surface area contributed by atoms with E-state index in [1.807, 2.05) is 26.0 Å². The van der Waals surface area contributed by atoms with E-state index in [-0.39, 0.29) is 0 Å². The lowest BCUT2D eigenvalue weighted by Gasteiger charge is -2.35. The van der Waals surface area contributed by atoms with Crippen molar-refractivity contribution in [1.29, 1.82) is 0 Å². The van der Waals surface area contributed by atoms with Crippen molar-refractivity contribution in [1.82, 2.24) is 0 Å². The molecule has 0 unspecified atom stereocenters. The van der Waals surface area contributed by atoms with Crippen LogP contribution in [0.5, 0.6) is 0 Å². The molecule has 1 saturated carbocycles. The highest BCUT2D eigenvalue weighted by molar-refractivity contribution is 7.93. The summed E-state index contributed by atoms with van der Waals surface area (Å²) in [6.07, 6.45) is 4.83. The summed E-state index contributed by atoms with van der Waals surface area (Å²) in [5.74, 6) is 0. The second-order valence-corrected chi connectivity index (χ2v) is 15.2. The molecule has 0 amide bonds. The highest BCUT2D eigenvalue weighted by atomic mass is 32.2. The maximum atomic E-state index is 13.3. The van der Waals surface area contributed by atoms with Crippen LogP contribution in [-0.2, 0) is 9.84 Å². The molecule has 0 N–H and O–H groups in total. The van der Waals surface area contributed by atoms with Crippen LogP contribution in [0.3, 0.4) is 0 Å². The van der Waals surface area contributed by atoms with Gasteiger partial charge in [-0.1, -0.05) is 56.6 Å². The Kier molecular flexibility index (Phi) is 4.42. The Balaban J connectivity index is 2.60. The molecular formula is C17H28O2SSi. The average molecular weight is 325 g/mol. The van der Waals surface area contributed by atoms with Crippen molar-refractivity contribution in [2.24, 2.45) is 0 Å². The van der Waals surface area contributed by atoms with Crippen LogP contribution >= 0.6 is 0 Å². The van der Waals surface area contributed by atoms with E-state index in [0.29, 0.717) is 4.90 Å². The summed E-state index contributed by atoms with van der Waals surface area (Å²) in [6, 6.07) is 5.91. The van der Waals surface area contributed by atoms with Crippen molar-refractivity contribution in [3.05, 3.63) is 23.8 Å². The van der Waals surface area contributed by atoms with E-state index < -0.39 is 22.7 Å². The predicted octanol–water partition coefficient (Wildman–Crippen LogP) is 4.04. The fraction of sp³-hybridized carbons (Fsp3) is 0.647. The van der Waals surface area contributed by atoms with E-state index in [9.17, 15) is 8.42 Å². The van der Waals surface area contributed by atoms with Crippen LogP contribution < -0.4 is 5.19 Å². The van der Waals surface area contributed by atoms with Gasteiger partial charge in [0, 0.05) is 0 Å². The molecule has 0 bridgehead atoms. The Labute approximate surface area is 130 Å². The molecule has 0 heterocycles. The highest BCUT2D eigenvalue weighted by Crippen LogP contribution is 2.38. The van der Waals surface area contributed by atoms with Gasteiger partial charge in [-0.3, -0.25) is 0 Å². The van der Waals surface area contributed by atoms with Gasteiger partial charge >= 0.3 is 0 Å². The second-order valence-electron chi connectivity index (χ2n) is 7.76. The summed E-state index contributed by atoms with van der Waals surface area (Å²) in [5.41, 5.74) is 1.15. The lowest BCUT2D eigenvalue weighted by molar-refractivity contribution is 0.395. The molecule has 0 spiro atoms. The van der Waals surface area contributed by atoms with Gasteiger partial charge in [0.25, 0.3) is 0 Å². The molecule has 2 rings (SSSR count). The monoisotopic (exact) mass is 324 g/mol. The lowest BCUT2D eigenvalue weighted by Crippen LogP contribution is -2.46. The average Bonchev–Trinajstić information content (AvgIpc) is 2.38. The number of hydrogen-bond acceptors (Lipinski definition) is 2. The van der Waals surface area contributed by atoms with Gasteiger partial charge in [-0.05, 0) is 37.9 Å². The lowest BCUT2D eigenvalue weighted by atomic mass is 9.90. The van der Waals surface area contributed by atoms with Crippen LogP contribution in [0.1, 0.15) is 44.6 Å². The van der Waals surface area contributed by atoms with Crippen LogP contribution in [0.15, 0.2) is 23.1 Å². The van der Waals surface area contributed by atoms with E-state index in [0.717, 1.165) is 36.4 Å². The molecule has 1 aliphatic rings. The Hall–Kier alpha value is -0.613. The highest BCUT2D eigenvalue weighted by Gasteiger charge is 2.43. The third-order valence-corrected chi connectivity index (χ3v) is 9.64. The van der Waals surface area contributed by atoms with E-state index in [2.05, 4.69) is 25.7 Å². The van der Waals surface area contributed by atoms with Gasteiger partial charge < -0.3 is 0 Å². The van der Waals surface area contributed by atoms with Gasteiger partial charge in [0.05, 0.1) is 17.7 Å². The first-order valence-electron chi connectivity index (χ1n) is 7.94. The molecule has 0 aromatic heterocycles. The summed E-state index contributed by atoms with van der Waals surface area (Å²) < 4.78 is 26.0. The van der Waals surface area contributed by atoms with Crippen molar-refractivity contribution in [2.45, 2.75) is 75.2 Å². The Morgan fingerprint density at radius 1 is 1.05 bits per heavy atom. The normalized spacial score (nSPS) is 19.5. The van der Waals surface area contributed by atoms with Gasteiger partial charge in [0.1, 0.15) is 0 Å². The quantitative estimate of drug-likeness (QED) is 0.787. The SMILES string of the molecule is Cc1ccc(S(=O)(=O)C2(C)CCCCC2)c([Si](C)(C)C)c1. The van der Waals surface area contributed by atoms with Crippen LogP contribution in [-0.4, -0.2) is 21.2 Å². The van der Waals surface area contributed by atoms with Crippen molar-refractivity contribution >= 4 is 23.1 Å². The van der Waals surface area contributed by atoms with Gasteiger partial charge in [-0.15, -0.1) is 0 Å². The van der Waals surface area contributed by atoms with Gasteiger partial charge in [-0.2, -0.15) is 0 Å². The molecule has 118 valence electrons. The molecule has 4 heteroatoms. The minimum absolute atomic E-state index is 0.574. The molecule has 0 aliphatic heterocycles. The van der Waals surface area contributed by atoms with E-state index in [1.165, 1.54) is 6.42 Å². The Bertz CT molecular complexity index is 621. The summed E-state index contributed by atoms with van der Waals surface area (Å²) in [7, 11) is -4.95. The van der Waals surface area contributed by atoms with Crippen molar-refractivity contribution in [2.75, 3.05) is 0 Å². The topological polar surface area (TPSA) is 34.1 Å². The fourth-order valence-corrected chi connectivity index (χ4v) is 8.06. The predicted molar refractivity (Wildman–Crippen MR) is 92.8 cm³/mol. The molecule has 2 nitrogen and oxygen atoms in total. The minimum Gasteiger partial charge on any atom is -0.223 e. The second kappa shape index (κ2) is 5.54. The maximum Gasteiger partial charge on any atom is 0.183 e. The van der Waals surface area contributed by atoms with Gasteiger partial charge in [0.2, 0.25) is 0 Å². The van der Waals surface area contributed by atoms with E-state index in [4.69, 9.17) is 0 Å². The number of aryl methyl sites for hydroxylation is 1. The van der Waals surface area contributed by atoms with Crippen molar-refractivity contribution in [3.8, 4) is 0 Å². The molecule has 1 aliphatic carbocycles. The van der Waals surface area contributed by atoms with E-state index in [1.54, 1.807) is 0 Å². The third kappa shape index (κ3) is 3.11. The largest absolute Gasteiger partial charge is 0.223 e. The summed E-state index contributed by atoms with van der Waals surface area (Å²) in [6.45, 7) is 10.7.